The van der Waals surface area contributed by atoms with Gasteiger partial charge >= 0.3 is 0 Å². The van der Waals surface area contributed by atoms with Gasteiger partial charge in [0.15, 0.2) is 17.5 Å². The number of fused-ring (bicyclic) bond motifs is 5. The maximum Gasteiger partial charge on any atom is 0.226 e. The number of para-hydroxylation sites is 3. The molecule has 5 nitrogen and oxygen atoms in total. The summed E-state index contributed by atoms with van der Waals surface area (Å²) in [7, 11) is -2.85. The summed E-state index contributed by atoms with van der Waals surface area (Å²) in [6, 6.07) is 57.2. The van der Waals surface area contributed by atoms with Crippen LogP contribution in [0.5, 0.6) is 0 Å². The quantitative estimate of drug-likeness (QED) is 0.229. The van der Waals surface area contributed by atoms with Crippen LogP contribution < -0.4 is 21.0 Å². The molecular weight excluding hydrogens is 579 g/mol. The van der Waals surface area contributed by atoms with Crippen LogP contribution in [0.3, 0.4) is 0 Å². The molecule has 0 aliphatic carbocycles. The van der Waals surface area contributed by atoms with Gasteiger partial charge in [-0.25, -0.2) is 19.9 Å². The molecule has 3 heterocycles. The summed E-state index contributed by atoms with van der Waals surface area (Å²) in [4.78, 5) is 20.8. The first kappa shape index (κ1) is 26.4. The smallest absolute Gasteiger partial charge is 0.226 e. The van der Waals surface area contributed by atoms with Crippen molar-refractivity contribution in [3.8, 4) is 39.9 Å². The molecular formula is C40H27N5Si. The topological polar surface area (TPSA) is 56.5 Å². The summed E-state index contributed by atoms with van der Waals surface area (Å²) in [5.41, 5.74) is 7.09. The van der Waals surface area contributed by atoms with Crippen LogP contribution in [0.15, 0.2) is 164 Å². The molecule has 2 aromatic heterocycles. The summed E-state index contributed by atoms with van der Waals surface area (Å²) in [6.07, 6.45) is 0. The van der Waals surface area contributed by atoms with Crippen molar-refractivity contribution < 1.29 is 0 Å². The van der Waals surface area contributed by atoms with Crippen molar-refractivity contribution in [3.05, 3.63) is 164 Å². The van der Waals surface area contributed by atoms with E-state index in [1.54, 1.807) is 0 Å². The van der Waals surface area contributed by atoms with Gasteiger partial charge in [-0.2, -0.15) is 0 Å². The number of benzene rings is 6. The first-order chi connectivity index (χ1) is 22.8. The highest BCUT2D eigenvalue weighted by molar-refractivity contribution is 7.20. The van der Waals surface area contributed by atoms with Crippen LogP contribution in [-0.4, -0.2) is 32.6 Å². The zero-order valence-electron chi connectivity index (χ0n) is 24.8. The second kappa shape index (κ2) is 10.6. The number of rotatable bonds is 5. The summed E-state index contributed by atoms with van der Waals surface area (Å²) in [5, 5.41) is 3.86. The Bertz CT molecular complexity index is 2260. The zero-order valence-corrected chi connectivity index (χ0v) is 25.8. The Morgan fingerprint density at radius 3 is 1.50 bits per heavy atom. The minimum absolute atomic E-state index is 0.638. The monoisotopic (exact) mass is 605 g/mol. The number of nitrogens with zero attached hydrogens (tertiary/aromatic N) is 5. The van der Waals surface area contributed by atoms with E-state index < -0.39 is 8.07 Å². The van der Waals surface area contributed by atoms with Gasteiger partial charge in [-0.1, -0.05) is 146 Å². The van der Waals surface area contributed by atoms with Crippen LogP contribution in [0, 0.1) is 0 Å². The Morgan fingerprint density at radius 2 is 0.913 bits per heavy atom. The van der Waals surface area contributed by atoms with Crippen molar-refractivity contribution in [2.75, 3.05) is 0 Å². The van der Waals surface area contributed by atoms with Crippen molar-refractivity contribution in [2.45, 2.75) is 0 Å². The van der Waals surface area contributed by atoms with Gasteiger partial charge in [-0.05, 0) is 33.8 Å². The third-order valence-corrected chi connectivity index (χ3v) is 13.5. The predicted molar refractivity (Wildman–Crippen MR) is 188 cm³/mol. The molecule has 0 atom stereocenters. The predicted octanol–water partition coefficient (Wildman–Crippen LogP) is 5.90. The average Bonchev–Trinajstić information content (AvgIpc) is 3.66. The molecule has 216 valence electrons. The second-order valence-corrected chi connectivity index (χ2v) is 15.1. The number of aromatic nitrogens is 5. The van der Waals surface area contributed by atoms with Crippen LogP contribution in [0.4, 0.5) is 0 Å². The number of imidazole rings is 1. The molecule has 0 amide bonds. The Labute approximate surface area is 267 Å². The third-order valence-electron chi connectivity index (χ3n) is 8.91. The van der Waals surface area contributed by atoms with Gasteiger partial charge in [0.2, 0.25) is 8.07 Å². The number of hydrogen-bond acceptors (Lipinski definition) is 4. The van der Waals surface area contributed by atoms with Gasteiger partial charge in [0, 0.05) is 16.7 Å². The minimum atomic E-state index is -2.85. The van der Waals surface area contributed by atoms with E-state index in [0.717, 1.165) is 38.9 Å². The molecule has 6 aromatic carbocycles. The Kier molecular flexibility index (Phi) is 6.08. The average molecular weight is 606 g/mol. The second-order valence-electron chi connectivity index (χ2n) is 11.5. The molecule has 1 aliphatic heterocycles. The zero-order chi connectivity index (χ0) is 30.5. The summed E-state index contributed by atoms with van der Waals surface area (Å²) < 4.78 is 2.39. The fraction of sp³-hybridized carbons (Fsp3) is 0. The number of hydrogen-bond donors (Lipinski definition) is 0. The highest BCUT2D eigenvalue weighted by Gasteiger charge is 2.52. The Morgan fingerprint density at radius 1 is 0.413 bits per heavy atom. The molecule has 0 fully saturated rings. The van der Waals surface area contributed by atoms with E-state index in [1.807, 2.05) is 60.7 Å². The van der Waals surface area contributed by atoms with Crippen molar-refractivity contribution in [1.29, 1.82) is 0 Å². The summed E-state index contributed by atoms with van der Waals surface area (Å²) in [5.74, 6) is 1.93. The first-order valence-electron chi connectivity index (χ1n) is 15.4. The molecule has 46 heavy (non-hydrogen) atoms. The van der Waals surface area contributed by atoms with Crippen LogP contribution in [0.2, 0.25) is 0 Å². The lowest BCUT2D eigenvalue weighted by atomic mass is 10.1. The van der Waals surface area contributed by atoms with Crippen LogP contribution in [0.25, 0.3) is 50.9 Å². The van der Waals surface area contributed by atoms with Gasteiger partial charge in [0.25, 0.3) is 0 Å². The Balaban J connectivity index is 1.41. The molecule has 1 aliphatic rings. The molecule has 6 heteroatoms. The fourth-order valence-corrected chi connectivity index (χ4v) is 11.8. The van der Waals surface area contributed by atoms with E-state index >= 15 is 0 Å². The van der Waals surface area contributed by atoms with E-state index in [9.17, 15) is 0 Å². The minimum Gasteiger partial charge on any atom is -0.299 e. The normalized spacial score (nSPS) is 13.0. The van der Waals surface area contributed by atoms with Gasteiger partial charge in [0.05, 0.1) is 16.7 Å². The standard InChI is InChI=1S/C40H27N5Si/c1-5-16-28(17-6-1)37-42-38(29-18-7-2-8-19-29)44-39(43-37)32-24-15-27-35-36(32)45-34-26-14-13-25-33(34)41-40(45)46(35,30-20-9-3-10-21-30)31-22-11-4-12-23-31/h1-27H. The Hall–Kier alpha value is -5.98. The molecule has 0 radical (unpaired) electrons. The maximum absolute atomic E-state index is 5.45. The van der Waals surface area contributed by atoms with E-state index in [2.05, 4.69) is 108 Å². The van der Waals surface area contributed by atoms with Gasteiger partial charge in [-0.3, -0.25) is 4.57 Å². The molecule has 0 bridgehead atoms. The van der Waals surface area contributed by atoms with E-state index in [1.165, 1.54) is 15.6 Å². The SMILES string of the molecule is c1ccc(-c2nc(-c3ccccc3)nc(-c3cccc4c3-n3c(nc5ccccc53)[Si]4(c3ccccc3)c3ccccc3)n2)cc1. The lowest BCUT2D eigenvalue weighted by Crippen LogP contribution is -2.73. The van der Waals surface area contributed by atoms with Crippen molar-refractivity contribution >= 4 is 40.1 Å². The summed E-state index contributed by atoms with van der Waals surface area (Å²) in [6.45, 7) is 0. The van der Waals surface area contributed by atoms with Crippen LogP contribution >= 0.6 is 0 Å². The highest BCUT2D eigenvalue weighted by Crippen LogP contribution is 2.34. The molecule has 0 saturated carbocycles. The van der Waals surface area contributed by atoms with Gasteiger partial charge < -0.3 is 0 Å². The summed E-state index contributed by atoms with van der Waals surface area (Å²) >= 11 is 0. The molecule has 9 rings (SSSR count). The van der Waals surface area contributed by atoms with Gasteiger partial charge in [0.1, 0.15) is 5.45 Å². The highest BCUT2D eigenvalue weighted by atomic mass is 28.3. The van der Waals surface area contributed by atoms with E-state index in [-0.39, 0.29) is 0 Å². The molecule has 0 saturated heterocycles. The lowest BCUT2D eigenvalue weighted by molar-refractivity contribution is 1.07. The van der Waals surface area contributed by atoms with Gasteiger partial charge in [-0.15, -0.1) is 0 Å². The lowest BCUT2D eigenvalue weighted by Gasteiger charge is -2.28. The van der Waals surface area contributed by atoms with Crippen molar-refractivity contribution in [1.82, 2.24) is 24.5 Å². The third kappa shape index (κ3) is 3.94. The van der Waals surface area contributed by atoms with Crippen molar-refractivity contribution in [2.24, 2.45) is 0 Å². The fourth-order valence-electron chi connectivity index (χ4n) is 6.93. The van der Waals surface area contributed by atoms with Crippen LogP contribution in [0.1, 0.15) is 0 Å². The van der Waals surface area contributed by atoms with Crippen LogP contribution in [-0.2, 0) is 0 Å². The molecule has 8 aromatic rings. The molecule has 0 spiro atoms. The molecule has 0 unspecified atom stereocenters. The van der Waals surface area contributed by atoms with E-state index in [0.29, 0.717) is 17.5 Å². The van der Waals surface area contributed by atoms with Crippen molar-refractivity contribution in [3.63, 3.8) is 0 Å². The van der Waals surface area contributed by atoms with E-state index in [4.69, 9.17) is 19.9 Å². The molecule has 0 N–H and O–H groups in total. The largest absolute Gasteiger partial charge is 0.299 e. The first-order valence-corrected chi connectivity index (χ1v) is 17.4. The maximum atomic E-state index is 5.45.